The summed E-state index contributed by atoms with van der Waals surface area (Å²) in [5, 5.41) is 4.14. The van der Waals surface area contributed by atoms with Gasteiger partial charge < -0.3 is 9.88 Å². The molecule has 0 bridgehead atoms. The molecule has 1 aliphatic rings. The minimum absolute atomic E-state index is 0.0539. The summed E-state index contributed by atoms with van der Waals surface area (Å²) >= 11 is 0. The Hall–Kier alpha value is -2.03. The van der Waals surface area contributed by atoms with Crippen molar-refractivity contribution in [1.29, 1.82) is 0 Å². The van der Waals surface area contributed by atoms with Gasteiger partial charge in [0.2, 0.25) is 0 Å². The molecule has 0 atom stereocenters. The number of carbonyl (C=O) groups is 1. The average Bonchev–Trinajstić information content (AvgIpc) is 2.80. The van der Waals surface area contributed by atoms with E-state index >= 15 is 0 Å². The molecule has 0 saturated heterocycles. The summed E-state index contributed by atoms with van der Waals surface area (Å²) in [6.45, 7) is 6.75. The highest BCUT2D eigenvalue weighted by Crippen LogP contribution is 2.25. The highest BCUT2D eigenvalue weighted by molar-refractivity contribution is 6.07. The Kier molecular flexibility index (Phi) is 3.35. The summed E-state index contributed by atoms with van der Waals surface area (Å²) in [6.07, 6.45) is 7.24. The van der Waals surface area contributed by atoms with Gasteiger partial charge in [0.25, 0.3) is 5.91 Å². The molecule has 20 heavy (non-hydrogen) atoms. The summed E-state index contributed by atoms with van der Waals surface area (Å²) in [6, 6.07) is 6.49. The molecule has 3 nitrogen and oxygen atoms in total. The molecular weight excluding hydrogens is 248 g/mol. The number of aromatic nitrogens is 1. The zero-order valence-corrected chi connectivity index (χ0v) is 11.9. The first-order valence-corrected chi connectivity index (χ1v) is 7.29. The lowest BCUT2D eigenvalue weighted by Gasteiger charge is -2.26. The molecule has 1 aromatic heterocycles. The zero-order chi connectivity index (χ0) is 14.1. The average molecular weight is 268 g/mol. The molecule has 3 rings (SSSR count). The Labute approximate surface area is 119 Å². The Balaban J connectivity index is 2.01. The smallest absolute Gasteiger partial charge is 0.253 e. The van der Waals surface area contributed by atoms with Gasteiger partial charge in [0.1, 0.15) is 0 Å². The number of aryl methyl sites for hydroxylation is 1. The van der Waals surface area contributed by atoms with E-state index in [0.717, 1.165) is 41.4 Å². The first kappa shape index (κ1) is 13.0. The number of nitrogens with zero attached hydrogens (tertiary/aromatic N) is 1. The first-order chi connectivity index (χ1) is 9.72. The second-order valence-electron chi connectivity index (χ2n) is 5.41. The third kappa shape index (κ3) is 2.13. The van der Waals surface area contributed by atoms with Crippen molar-refractivity contribution in [3.05, 3.63) is 42.1 Å². The number of amides is 1. The predicted octanol–water partition coefficient (Wildman–Crippen LogP) is 3.59. The van der Waals surface area contributed by atoms with E-state index in [1.807, 2.05) is 24.4 Å². The predicted molar refractivity (Wildman–Crippen MR) is 82.8 cm³/mol. The minimum atomic E-state index is 0.0539. The van der Waals surface area contributed by atoms with E-state index in [0.29, 0.717) is 6.04 Å². The van der Waals surface area contributed by atoms with Gasteiger partial charge in [-0.1, -0.05) is 24.8 Å². The summed E-state index contributed by atoms with van der Waals surface area (Å²) < 4.78 is 2.12. The number of carbonyl (C=O) groups excluding carboxylic acids is 1. The Morgan fingerprint density at radius 1 is 1.50 bits per heavy atom. The van der Waals surface area contributed by atoms with Gasteiger partial charge in [-0.25, -0.2) is 0 Å². The second-order valence-corrected chi connectivity index (χ2v) is 5.41. The number of benzene rings is 1. The van der Waals surface area contributed by atoms with Gasteiger partial charge in [-0.05, 0) is 37.8 Å². The van der Waals surface area contributed by atoms with Gasteiger partial charge in [0.05, 0.1) is 5.56 Å². The van der Waals surface area contributed by atoms with Gasteiger partial charge in [-0.2, -0.15) is 0 Å². The molecule has 0 unspecified atom stereocenters. The molecule has 1 aliphatic carbocycles. The van der Waals surface area contributed by atoms with Gasteiger partial charge in [-0.15, -0.1) is 0 Å². The Bertz CT molecular complexity index is 665. The molecule has 1 saturated carbocycles. The summed E-state index contributed by atoms with van der Waals surface area (Å²) in [5.41, 5.74) is 2.96. The minimum Gasteiger partial charge on any atom is -0.349 e. The van der Waals surface area contributed by atoms with E-state index in [-0.39, 0.29) is 5.91 Å². The molecule has 3 heteroatoms. The molecule has 1 N–H and O–H groups in total. The highest BCUT2D eigenvalue weighted by atomic mass is 16.1. The van der Waals surface area contributed by atoms with Crippen LogP contribution in [0.25, 0.3) is 17.0 Å². The van der Waals surface area contributed by atoms with Crippen molar-refractivity contribution in [1.82, 2.24) is 9.88 Å². The molecule has 0 spiro atoms. The number of rotatable bonds is 4. The van der Waals surface area contributed by atoms with Crippen molar-refractivity contribution in [2.75, 3.05) is 0 Å². The van der Waals surface area contributed by atoms with E-state index in [1.54, 1.807) is 0 Å². The van der Waals surface area contributed by atoms with E-state index < -0.39 is 0 Å². The van der Waals surface area contributed by atoms with Crippen LogP contribution in [0.4, 0.5) is 0 Å². The quantitative estimate of drug-likeness (QED) is 0.903. The summed E-state index contributed by atoms with van der Waals surface area (Å²) in [7, 11) is 0. The van der Waals surface area contributed by atoms with Crippen LogP contribution in [0.5, 0.6) is 0 Å². The largest absolute Gasteiger partial charge is 0.349 e. The van der Waals surface area contributed by atoms with E-state index in [4.69, 9.17) is 0 Å². The fraction of sp³-hybridized carbons (Fsp3) is 0.353. The van der Waals surface area contributed by atoms with Crippen molar-refractivity contribution in [2.24, 2.45) is 0 Å². The van der Waals surface area contributed by atoms with Crippen molar-refractivity contribution in [2.45, 2.75) is 38.8 Å². The zero-order valence-electron chi connectivity index (χ0n) is 11.9. The van der Waals surface area contributed by atoms with Gasteiger partial charge in [-0.3, -0.25) is 4.79 Å². The maximum absolute atomic E-state index is 12.4. The molecular formula is C17H20N2O. The van der Waals surface area contributed by atoms with Crippen molar-refractivity contribution in [3.8, 4) is 0 Å². The Morgan fingerprint density at radius 3 is 2.90 bits per heavy atom. The molecule has 0 radical (unpaired) electrons. The highest BCUT2D eigenvalue weighted by Gasteiger charge is 2.22. The standard InChI is InChI=1S/C17H20N2O/c1-3-12-8-9-14-15(11-19(4-2)16(14)10-12)17(20)18-13-6-5-7-13/h3,8-11,13H,1,4-7H2,2H3,(H,18,20). The molecule has 2 aromatic rings. The monoisotopic (exact) mass is 268 g/mol. The lowest BCUT2D eigenvalue weighted by Crippen LogP contribution is -2.39. The fourth-order valence-electron chi connectivity index (χ4n) is 2.69. The van der Waals surface area contributed by atoms with E-state index in [1.165, 1.54) is 6.42 Å². The van der Waals surface area contributed by atoms with Crippen LogP contribution in [-0.4, -0.2) is 16.5 Å². The SMILES string of the molecule is C=Cc1ccc2c(C(=O)NC3CCC3)cn(CC)c2c1. The van der Waals surface area contributed by atoms with Crippen molar-refractivity contribution < 1.29 is 4.79 Å². The van der Waals surface area contributed by atoms with Crippen LogP contribution in [0.2, 0.25) is 0 Å². The lowest BCUT2D eigenvalue weighted by molar-refractivity contribution is 0.0918. The van der Waals surface area contributed by atoms with Crippen molar-refractivity contribution >= 4 is 22.9 Å². The van der Waals surface area contributed by atoms with Crippen LogP contribution < -0.4 is 5.32 Å². The van der Waals surface area contributed by atoms with Crippen LogP contribution in [0.15, 0.2) is 31.0 Å². The molecule has 1 fully saturated rings. The molecule has 104 valence electrons. The molecule has 1 heterocycles. The van der Waals surface area contributed by atoms with Crippen LogP contribution >= 0.6 is 0 Å². The number of nitrogens with one attached hydrogen (secondary N) is 1. The summed E-state index contributed by atoms with van der Waals surface area (Å²) in [4.78, 5) is 12.4. The number of hydrogen-bond acceptors (Lipinski definition) is 1. The van der Waals surface area contributed by atoms with Gasteiger partial charge >= 0.3 is 0 Å². The normalized spacial score (nSPS) is 15.1. The van der Waals surface area contributed by atoms with Crippen LogP contribution in [0.3, 0.4) is 0 Å². The van der Waals surface area contributed by atoms with Crippen LogP contribution in [0, 0.1) is 0 Å². The van der Waals surface area contributed by atoms with Crippen molar-refractivity contribution in [3.63, 3.8) is 0 Å². The maximum atomic E-state index is 12.4. The number of hydrogen-bond donors (Lipinski definition) is 1. The lowest BCUT2D eigenvalue weighted by atomic mass is 9.93. The second kappa shape index (κ2) is 5.16. The van der Waals surface area contributed by atoms with E-state index in [9.17, 15) is 4.79 Å². The van der Waals surface area contributed by atoms with Crippen LogP contribution in [-0.2, 0) is 6.54 Å². The third-order valence-electron chi connectivity index (χ3n) is 4.17. The first-order valence-electron chi connectivity index (χ1n) is 7.29. The van der Waals surface area contributed by atoms with Gasteiger partial charge in [0.15, 0.2) is 0 Å². The Morgan fingerprint density at radius 2 is 2.30 bits per heavy atom. The molecule has 1 amide bonds. The van der Waals surface area contributed by atoms with Crippen LogP contribution in [0.1, 0.15) is 42.1 Å². The topological polar surface area (TPSA) is 34.0 Å². The van der Waals surface area contributed by atoms with Gasteiger partial charge in [0, 0.05) is 29.7 Å². The fourth-order valence-corrected chi connectivity index (χ4v) is 2.69. The molecule has 1 aromatic carbocycles. The third-order valence-corrected chi connectivity index (χ3v) is 4.17. The number of fused-ring (bicyclic) bond motifs is 1. The molecule has 0 aliphatic heterocycles. The van der Waals surface area contributed by atoms with E-state index in [2.05, 4.69) is 29.5 Å². The summed E-state index contributed by atoms with van der Waals surface area (Å²) in [5.74, 6) is 0.0539. The maximum Gasteiger partial charge on any atom is 0.253 e.